The van der Waals surface area contributed by atoms with Gasteiger partial charge in [0.2, 0.25) is 5.91 Å². The van der Waals surface area contributed by atoms with E-state index < -0.39 is 5.60 Å². The third-order valence-electron chi connectivity index (χ3n) is 3.37. The lowest BCUT2D eigenvalue weighted by Gasteiger charge is -2.20. The number of carbonyl (C=O) groups is 1. The summed E-state index contributed by atoms with van der Waals surface area (Å²) >= 11 is 0. The zero-order valence-corrected chi connectivity index (χ0v) is 11.7. The largest absolute Gasteiger partial charge is 0.393 e. The summed E-state index contributed by atoms with van der Waals surface area (Å²) in [6.07, 6.45) is 0.247. The number of rotatable bonds is 5. The van der Waals surface area contributed by atoms with E-state index in [0.717, 1.165) is 22.2 Å². The number of fused-ring (bicyclic) bond motifs is 1. The second kappa shape index (κ2) is 5.64. The Balaban J connectivity index is 2.09. The van der Waals surface area contributed by atoms with E-state index in [2.05, 4.69) is 10.3 Å². The van der Waals surface area contributed by atoms with Crippen LogP contribution in [0.4, 0.5) is 0 Å². The summed E-state index contributed by atoms with van der Waals surface area (Å²) in [7, 11) is 0. The number of aliphatic hydroxyl groups excluding tert-OH is 1. The second-order valence-corrected chi connectivity index (χ2v) is 5.38. The number of carbonyl (C=O) groups excluding carboxylic acids is 1. The normalized spacial score (nSPS) is 14.2. The monoisotopic (exact) mass is 276 g/mol. The van der Waals surface area contributed by atoms with Gasteiger partial charge in [-0.25, -0.2) is 0 Å². The molecule has 1 aromatic carbocycles. The van der Waals surface area contributed by atoms with Crippen LogP contribution in [0.5, 0.6) is 0 Å². The fourth-order valence-electron chi connectivity index (χ4n) is 2.13. The average Bonchev–Trinajstić information content (AvgIpc) is 2.73. The molecule has 0 saturated carbocycles. The molecule has 1 atom stereocenters. The van der Waals surface area contributed by atoms with Crippen LogP contribution in [0.1, 0.15) is 18.2 Å². The highest BCUT2D eigenvalue weighted by Gasteiger charge is 2.20. The average molecular weight is 276 g/mol. The van der Waals surface area contributed by atoms with Gasteiger partial charge in [-0.3, -0.25) is 4.79 Å². The summed E-state index contributed by atoms with van der Waals surface area (Å²) in [6.45, 7) is 3.06. The third-order valence-corrected chi connectivity index (χ3v) is 3.37. The van der Waals surface area contributed by atoms with Gasteiger partial charge in [0.05, 0.1) is 13.0 Å². The van der Waals surface area contributed by atoms with E-state index in [-0.39, 0.29) is 25.5 Å². The Hall–Kier alpha value is -1.85. The molecular weight excluding hydrogens is 256 g/mol. The number of benzene rings is 1. The van der Waals surface area contributed by atoms with E-state index in [4.69, 9.17) is 5.11 Å². The molecule has 5 heteroatoms. The highest BCUT2D eigenvalue weighted by molar-refractivity contribution is 5.90. The van der Waals surface area contributed by atoms with Crippen LogP contribution in [0.25, 0.3) is 10.9 Å². The number of para-hydroxylation sites is 1. The van der Waals surface area contributed by atoms with Gasteiger partial charge in [-0.2, -0.15) is 0 Å². The van der Waals surface area contributed by atoms with Crippen molar-refractivity contribution in [3.63, 3.8) is 0 Å². The van der Waals surface area contributed by atoms with Gasteiger partial charge in [-0.05, 0) is 25.5 Å². The predicted octanol–water partition coefficient (Wildman–Crippen LogP) is 0.878. The zero-order chi connectivity index (χ0) is 14.8. The first-order chi connectivity index (χ1) is 9.43. The molecule has 1 heterocycles. The van der Waals surface area contributed by atoms with E-state index in [0.29, 0.717) is 0 Å². The first-order valence-corrected chi connectivity index (χ1v) is 6.59. The Kier molecular flexibility index (Phi) is 4.11. The molecule has 108 valence electrons. The molecule has 0 aliphatic carbocycles. The quantitative estimate of drug-likeness (QED) is 0.654. The van der Waals surface area contributed by atoms with Gasteiger partial charge in [0.15, 0.2) is 0 Å². The summed E-state index contributed by atoms with van der Waals surface area (Å²) in [5.41, 5.74) is 1.65. The highest BCUT2D eigenvalue weighted by atomic mass is 16.3. The SMILES string of the molecule is Cc1[nH]c2ccccc2c1CC(=O)NCC(C)(O)CO. The first kappa shape index (κ1) is 14.6. The van der Waals surface area contributed by atoms with E-state index in [1.54, 1.807) is 0 Å². The highest BCUT2D eigenvalue weighted by Crippen LogP contribution is 2.22. The van der Waals surface area contributed by atoms with Crippen LogP contribution in [0.3, 0.4) is 0 Å². The number of H-pyrrole nitrogens is 1. The molecule has 20 heavy (non-hydrogen) atoms. The molecule has 4 N–H and O–H groups in total. The van der Waals surface area contributed by atoms with Crippen molar-refractivity contribution in [1.82, 2.24) is 10.3 Å². The van der Waals surface area contributed by atoms with Crippen LogP contribution in [-0.2, 0) is 11.2 Å². The van der Waals surface area contributed by atoms with Crippen LogP contribution >= 0.6 is 0 Å². The van der Waals surface area contributed by atoms with Crippen molar-refractivity contribution >= 4 is 16.8 Å². The molecule has 1 amide bonds. The standard InChI is InChI=1S/C15H20N2O3/c1-10-12(11-5-3-4-6-13(11)17-10)7-14(19)16-8-15(2,20)9-18/h3-6,17-18,20H,7-9H2,1-2H3,(H,16,19). The van der Waals surface area contributed by atoms with Gasteiger partial charge >= 0.3 is 0 Å². The van der Waals surface area contributed by atoms with Crippen molar-refractivity contribution in [1.29, 1.82) is 0 Å². The lowest BCUT2D eigenvalue weighted by atomic mass is 10.1. The molecule has 0 spiro atoms. The number of aryl methyl sites for hydroxylation is 1. The van der Waals surface area contributed by atoms with Gasteiger partial charge in [0.25, 0.3) is 0 Å². The number of hydrogen-bond donors (Lipinski definition) is 4. The number of hydrogen-bond acceptors (Lipinski definition) is 3. The summed E-state index contributed by atoms with van der Waals surface area (Å²) in [5, 5.41) is 22.3. The maximum atomic E-state index is 12.0. The Morgan fingerprint density at radius 2 is 2.10 bits per heavy atom. The first-order valence-electron chi connectivity index (χ1n) is 6.59. The summed E-state index contributed by atoms with van der Waals surface area (Å²) in [5.74, 6) is -0.174. The van der Waals surface area contributed by atoms with E-state index in [1.165, 1.54) is 6.92 Å². The second-order valence-electron chi connectivity index (χ2n) is 5.38. The molecule has 0 aliphatic rings. The predicted molar refractivity (Wildman–Crippen MR) is 77.5 cm³/mol. The van der Waals surface area contributed by atoms with Gasteiger partial charge in [-0.15, -0.1) is 0 Å². The van der Waals surface area contributed by atoms with Crippen LogP contribution in [0.2, 0.25) is 0 Å². The number of amides is 1. The van der Waals surface area contributed by atoms with E-state index in [1.807, 2.05) is 31.2 Å². The number of nitrogens with one attached hydrogen (secondary N) is 2. The molecule has 1 aromatic heterocycles. The van der Waals surface area contributed by atoms with Crippen molar-refractivity contribution in [3.05, 3.63) is 35.5 Å². The fraction of sp³-hybridized carbons (Fsp3) is 0.400. The smallest absolute Gasteiger partial charge is 0.224 e. The van der Waals surface area contributed by atoms with Crippen molar-refractivity contribution in [2.24, 2.45) is 0 Å². The molecule has 0 saturated heterocycles. The Bertz CT molecular complexity index is 617. The minimum Gasteiger partial charge on any atom is -0.393 e. The molecule has 0 radical (unpaired) electrons. The Labute approximate surface area is 117 Å². The summed E-state index contributed by atoms with van der Waals surface area (Å²) in [6, 6.07) is 7.83. The molecule has 0 fully saturated rings. The van der Waals surface area contributed by atoms with Crippen molar-refractivity contribution in [3.8, 4) is 0 Å². The van der Waals surface area contributed by atoms with Crippen LogP contribution < -0.4 is 5.32 Å². The fourth-order valence-corrected chi connectivity index (χ4v) is 2.13. The molecule has 0 aliphatic heterocycles. The molecule has 5 nitrogen and oxygen atoms in total. The number of aromatic nitrogens is 1. The van der Waals surface area contributed by atoms with Crippen LogP contribution in [0.15, 0.2) is 24.3 Å². The van der Waals surface area contributed by atoms with Crippen LogP contribution in [0, 0.1) is 6.92 Å². The Morgan fingerprint density at radius 3 is 2.80 bits per heavy atom. The minimum absolute atomic E-state index is 0.0315. The summed E-state index contributed by atoms with van der Waals surface area (Å²) in [4.78, 5) is 15.2. The lowest BCUT2D eigenvalue weighted by molar-refractivity contribution is -0.121. The minimum atomic E-state index is -1.29. The van der Waals surface area contributed by atoms with Gasteiger partial charge < -0.3 is 20.5 Å². The van der Waals surface area contributed by atoms with Crippen LogP contribution in [-0.4, -0.2) is 39.9 Å². The van der Waals surface area contributed by atoms with Crippen molar-refractivity contribution < 1.29 is 15.0 Å². The number of aromatic amines is 1. The lowest BCUT2D eigenvalue weighted by Crippen LogP contribution is -2.43. The molecular formula is C15H20N2O3. The van der Waals surface area contributed by atoms with E-state index >= 15 is 0 Å². The maximum Gasteiger partial charge on any atom is 0.224 e. The molecule has 1 unspecified atom stereocenters. The topological polar surface area (TPSA) is 85.4 Å². The zero-order valence-electron chi connectivity index (χ0n) is 11.7. The van der Waals surface area contributed by atoms with Gasteiger partial charge in [0.1, 0.15) is 5.60 Å². The molecule has 2 rings (SSSR count). The van der Waals surface area contributed by atoms with E-state index in [9.17, 15) is 9.90 Å². The van der Waals surface area contributed by atoms with Crippen molar-refractivity contribution in [2.45, 2.75) is 25.9 Å². The Morgan fingerprint density at radius 1 is 1.40 bits per heavy atom. The third kappa shape index (κ3) is 3.18. The molecule has 0 bridgehead atoms. The van der Waals surface area contributed by atoms with Gasteiger partial charge in [-0.1, -0.05) is 18.2 Å². The maximum absolute atomic E-state index is 12.0. The summed E-state index contributed by atoms with van der Waals surface area (Å²) < 4.78 is 0. The van der Waals surface area contributed by atoms with Gasteiger partial charge in [0, 0.05) is 23.1 Å². The van der Waals surface area contributed by atoms with Crippen molar-refractivity contribution in [2.75, 3.05) is 13.2 Å². The molecule has 2 aromatic rings. The number of aliphatic hydroxyl groups is 2.